The van der Waals surface area contributed by atoms with Crippen molar-refractivity contribution >= 4 is 5.69 Å². The van der Waals surface area contributed by atoms with Crippen LogP contribution in [-0.2, 0) is 4.74 Å². The molecule has 0 saturated heterocycles. The zero-order valence-corrected chi connectivity index (χ0v) is 14.2. The molecule has 22 heavy (non-hydrogen) atoms. The Bertz CT molecular complexity index is 571. The van der Waals surface area contributed by atoms with Gasteiger partial charge < -0.3 is 10.1 Å². The molecule has 5 heteroatoms. The Morgan fingerprint density at radius 3 is 2.55 bits per heavy atom. The van der Waals surface area contributed by atoms with Gasteiger partial charge in [0.05, 0.1) is 11.0 Å². The van der Waals surface area contributed by atoms with E-state index in [1.165, 1.54) is 0 Å². The molecule has 0 unspecified atom stereocenters. The van der Waals surface area contributed by atoms with Gasteiger partial charge in [0, 0.05) is 36.2 Å². The minimum atomic E-state index is -0.317. The second-order valence-corrected chi connectivity index (χ2v) is 7.01. The summed E-state index contributed by atoms with van der Waals surface area (Å²) >= 11 is 0. The van der Waals surface area contributed by atoms with E-state index in [2.05, 4.69) is 33.0 Å². The standard InChI is InChI=1S/C17H26N2O3/c1-10-7-8-13(9-14(10)19(20)21)12(3)18-15-11(2)16(22-6)17(15,4)5/h7-9,11-12,15-16,18H,1-6H3/t11-,12+,15+,16-/m1/s1. The summed E-state index contributed by atoms with van der Waals surface area (Å²) < 4.78 is 5.57. The zero-order chi connectivity index (χ0) is 16.7. The molecule has 1 aliphatic carbocycles. The highest BCUT2D eigenvalue weighted by Crippen LogP contribution is 2.47. The van der Waals surface area contributed by atoms with Gasteiger partial charge in [0.15, 0.2) is 0 Å². The lowest BCUT2D eigenvalue weighted by atomic mass is 9.57. The molecule has 0 bridgehead atoms. The third-order valence-corrected chi connectivity index (χ3v) is 5.15. The highest BCUT2D eigenvalue weighted by atomic mass is 16.6. The van der Waals surface area contributed by atoms with Crippen molar-refractivity contribution in [1.29, 1.82) is 0 Å². The van der Waals surface area contributed by atoms with Gasteiger partial charge in [-0.15, -0.1) is 0 Å². The van der Waals surface area contributed by atoms with Crippen LogP contribution in [0, 0.1) is 28.4 Å². The summed E-state index contributed by atoms with van der Waals surface area (Å²) in [7, 11) is 1.76. The summed E-state index contributed by atoms with van der Waals surface area (Å²) in [5, 5.41) is 14.7. The molecule has 1 fully saturated rings. The number of nitro groups is 1. The van der Waals surface area contributed by atoms with Crippen molar-refractivity contribution in [2.75, 3.05) is 7.11 Å². The van der Waals surface area contributed by atoms with Gasteiger partial charge in [-0.05, 0) is 25.3 Å². The van der Waals surface area contributed by atoms with E-state index in [4.69, 9.17) is 4.74 Å². The Morgan fingerprint density at radius 2 is 2.05 bits per heavy atom. The molecular weight excluding hydrogens is 280 g/mol. The molecule has 0 heterocycles. The molecular formula is C17H26N2O3. The number of benzene rings is 1. The van der Waals surface area contributed by atoms with Gasteiger partial charge in [-0.2, -0.15) is 0 Å². The molecule has 5 nitrogen and oxygen atoms in total. The molecule has 1 aromatic carbocycles. The van der Waals surface area contributed by atoms with Crippen LogP contribution in [0.25, 0.3) is 0 Å². The Kier molecular flexibility index (Phi) is 4.59. The highest BCUT2D eigenvalue weighted by molar-refractivity contribution is 5.43. The summed E-state index contributed by atoms with van der Waals surface area (Å²) in [5.74, 6) is 0.419. The second kappa shape index (κ2) is 5.97. The maximum absolute atomic E-state index is 11.1. The molecule has 1 N–H and O–H groups in total. The Labute approximate surface area is 132 Å². The predicted octanol–water partition coefficient (Wildman–Crippen LogP) is 3.61. The quantitative estimate of drug-likeness (QED) is 0.666. The van der Waals surface area contributed by atoms with Crippen LogP contribution in [-0.4, -0.2) is 24.2 Å². The summed E-state index contributed by atoms with van der Waals surface area (Å²) in [6, 6.07) is 5.84. The monoisotopic (exact) mass is 306 g/mol. The predicted molar refractivity (Wildman–Crippen MR) is 86.9 cm³/mol. The van der Waals surface area contributed by atoms with Crippen molar-refractivity contribution < 1.29 is 9.66 Å². The van der Waals surface area contributed by atoms with Crippen LogP contribution in [0.4, 0.5) is 5.69 Å². The third-order valence-electron chi connectivity index (χ3n) is 5.15. The maximum atomic E-state index is 11.1. The van der Waals surface area contributed by atoms with Crippen LogP contribution in [0.1, 0.15) is 44.9 Å². The topological polar surface area (TPSA) is 64.4 Å². The molecule has 4 atom stereocenters. The summed E-state index contributed by atoms with van der Waals surface area (Å²) in [6.07, 6.45) is 0.240. The van der Waals surface area contributed by atoms with E-state index < -0.39 is 0 Å². The lowest BCUT2D eigenvalue weighted by Gasteiger charge is -2.57. The molecule has 0 radical (unpaired) electrons. The number of methoxy groups -OCH3 is 1. The average molecular weight is 306 g/mol. The lowest BCUT2D eigenvalue weighted by molar-refractivity contribution is -0.385. The molecule has 1 saturated carbocycles. The number of nitrogens with one attached hydrogen (secondary N) is 1. The zero-order valence-electron chi connectivity index (χ0n) is 14.2. The van der Waals surface area contributed by atoms with Gasteiger partial charge >= 0.3 is 0 Å². The Morgan fingerprint density at radius 1 is 1.41 bits per heavy atom. The van der Waals surface area contributed by atoms with Crippen molar-refractivity contribution in [3.63, 3.8) is 0 Å². The second-order valence-electron chi connectivity index (χ2n) is 7.01. The minimum absolute atomic E-state index is 0.0546. The van der Waals surface area contributed by atoms with Gasteiger partial charge in [-0.3, -0.25) is 10.1 Å². The Balaban J connectivity index is 2.15. The SMILES string of the molecule is CO[C@@H]1[C@H](C)[C@H](N[C@@H](C)c2ccc(C)c([N+](=O)[O-])c2)C1(C)C. The molecule has 0 aliphatic heterocycles. The number of hydrogen-bond donors (Lipinski definition) is 1. The fourth-order valence-corrected chi connectivity index (χ4v) is 3.93. The van der Waals surface area contributed by atoms with Crippen molar-refractivity contribution in [2.24, 2.45) is 11.3 Å². The van der Waals surface area contributed by atoms with Crippen molar-refractivity contribution in [2.45, 2.75) is 52.8 Å². The van der Waals surface area contributed by atoms with Crippen LogP contribution in [0.3, 0.4) is 0 Å². The van der Waals surface area contributed by atoms with Crippen LogP contribution in [0.2, 0.25) is 0 Å². The summed E-state index contributed by atoms with van der Waals surface area (Å²) in [6.45, 7) is 10.4. The fraction of sp³-hybridized carbons (Fsp3) is 0.647. The van der Waals surface area contributed by atoms with Crippen molar-refractivity contribution in [3.05, 3.63) is 39.4 Å². The number of hydrogen-bond acceptors (Lipinski definition) is 4. The van der Waals surface area contributed by atoms with E-state index in [1.54, 1.807) is 20.1 Å². The molecule has 0 spiro atoms. The number of aryl methyl sites for hydroxylation is 1. The molecule has 122 valence electrons. The normalized spacial score (nSPS) is 28.0. The van der Waals surface area contributed by atoms with Crippen LogP contribution in [0.15, 0.2) is 18.2 Å². The minimum Gasteiger partial charge on any atom is -0.380 e. The van der Waals surface area contributed by atoms with Crippen LogP contribution < -0.4 is 5.32 Å². The Hall–Kier alpha value is -1.46. The van der Waals surface area contributed by atoms with E-state index in [9.17, 15) is 10.1 Å². The number of ether oxygens (including phenoxy) is 1. The van der Waals surface area contributed by atoms with E-state index in [-0.39, 0.29) is 28.2 Å². The van der Waals surface area contributed by atoms with Crippen molar-refractivity contribution in [3.8, 4) is 0 Å². The summed E-state index contributed by atoms with van der Waals surface area (Å²) in [4.78, 5) is 10.8. The van der Waals surface area contributed by atoms with Gasteiger partial charge in [0.1, 0.15) is 0 Å². The first-order valence-electron chi connectivity index (χ1n) is 7.74. The van der Waals surface area contributed by atoms with Crippen LogP contribution >= 0.6 is 0 Å². The highest BCUT2D eigenvalue weighted by Gasteiger charge is 2.54. The number of rotatable bonds is 5. The number of nitrogens with zero attached hydrogens (tertiary/aromatic N) is 1. The molecule has 1 aromatic rings. The maximum Gasteiger partial charge on any atom is 0.272 e. The first-order valence-corrected chi connectivity index (χ1v) is 7.74. The first kappa shape index (κ1) is 16.9. The largest absolute Gasteiger partial charge is 0.380 e. The molecule has 0 aromatic heterocycles. The first-order chi connectivity index (χ1) is 10.2. The summed E-state index contributed by atoms with van der Waals surface area (Å²) in [5.41, 5.74) is 1.87. The van der Waals surface area contributed by atoms with Gasteiger partial charge in [0.25, 0.3) is 5.69 Å². The molecule has 2 rings (SSSR count). The molecule has 1 aliphatic rings. The van der Waals surface area contributed by atoms with Crippen molar-refractivity contribution in [1.82, 2.24) is 5.32 Å². The number of nitro benzene ring substituents is 1. The lowest BCUT2D eigenvalue weighted by Crippen LogP contribution is -2.67. The van der Waals surface area contributed by atoms with Gasteiger partial charge in [-0.1, -0.05) is 32.9 Å². The van der Waals surface area contributed by atoms with E-state index in [1.807, 2.05) is 12.1 Å². The van der Waals surface area contributed by atoms with E-state index in [0.717, 1.165) is 5.56 Å². The molecule has 0 amide bonds. The third kappa shape index (κ3) is 2.75. The van der Waals surface area contributed by atoms with Gasteiger partial charge in [-0.25, -0.2) is 0 Å². The smallest absolute Gasteiger partial charge is 0.272 e. The van der Waals surface area contributed by atoms with Gasteiger partial charge in [0.2, 0.25) is 0 Å². The van der Waals surface area contributed by atoms with Crippen LogP contribution in [0.5, 0.6) is 0 Å². The fourth-order valence-electron chi connectivity index (χ4n) is 3.93. The van der Waals surface area contributed by atoms with E-state index in [0.29, 0.717) is 17.5 Å². The average Bonchev–Trinajstić information content (AvgIpc) is 2.44. The van der Waals surface area contributed by atoms with E-state index >= 15 is 0 Å².